The summed E-state index contributed by atoms with van der Waals surface area (Å²) in [4.78, 5) is 11.5. The molecule has 0 aromatic heterocycles. The minimum Gasteiger partial charge on any atom is -0.497 e. The summed E-state index contributed by atoms with van der Waals surface area (Å²) in [5.41, 5.74) is 2.52. The molecule has 0 spiro atoms. The van der Waals surface area contributed by atoms with E-state index in [-0.39, 0.29) is 5.97 Å². The van der Waals surface area contributed by atoms with Crippen LogP contribution in [0.1, 0.15) is 64.9 Å². The maximum absolute atomic E-state index is 11.5. The van der Waals surface area contributed by atoms with Gasteiger partial charge in [-0.05, 0) is 62.6 Å². The third-order valence-electron chi connectivity index (χ3n) is 4.68. The van der Waals surface area contributed by atoms with Gasteiger partial charge in [0.15, 0.2) is 0 Å². The molecule has 0 heterocycles. The molecule has 0 fully saturated rings. The number of carbonyl (C=O) groups excluding carboxylic acids is 1. The van der Waals surface area contributed by atoms with Crippen molar-refractivity contribution < 1.29 is 19.0 Å². The Kier molecular flexibility index (Phi) is 12.3. The van der Waals surface area contributed by atoms with Gasteiger partial charge in [-0.1, -0.05) is 37.6 Å². The van der Waals surface area contributed by atoms with Crippen molar-refractivity contribution in [2.24, 2.45) is 5.92 Å². The molecule has 0 N–H and O–H groups in total. The van der Waals surface area contributed by atoms with Crippen LogP contribution in [-0.2, 0) is 20.9 Å². The van der Waals surface area contributed by atoms with Crippen LogP contribution >= 0.6 is 0 Å². The van der Waals surface area contributed by atoms with Gasteiger partial charge in [0.2, 0.25) is 0 Å². The van der Waals surface area contributed by atoms with Crippen LogP contribution in [0.4, 0.5) is 0 Å². The van der Waals surface area contributed by atoms with Crippen LogP contribution in [0.2, 0.25) is 0 Å². The van der Waals surface area contributed by atoms with Gasteiger partial charge in [0.1, 0.15) is 5.75 Å². The van der Waals surface area contributed by atoms with Gasteiger partial charge in [-0.3, -0.25) is 4.79 Å². The minimum atomic E-state index is -0.0979. The summed E-state index contributed by atoms with van der Waals surface area (Å²) in [6, 6.07) is 7.99. The van der Waals surface area contributed by atoms with Crippen LogP contribution < -0.4 is 4.74 Å². The van der Waals surface area contributed by atoms with Gasteiger partial charge in [0, 0.05) is 13.0 Å². The number of esters is 1. The lowest BCUT2D eigenvalue weighted by Crippen LogP contribution is -2.04. The molecule has 0 aliphatic carbocycles. The van der Waals surface area contributed by atoms with E-state index in [1.165, 1.54) is 11.1 Å². The second kappa shape index (κ2) is 14.3. The molecule has 1 aromatic rings. The first-order chi connectivity index (χ1) is 13.1. The van der Waals surface area contributed by atoms with Crippen molar-refractivity contribution in [1.29, 1.82) is 0 Å². The Bertz CT molecular complexity index is 548. The molecular weight excluding hydrogens is 340 g/mol. The first-order valence-corrected chi connectivity index (χ1v) is 10.1. The highest BCUT2D eigenvalue weighted by molar-refractivity contribution is 5.69. The zero-order valence-electron chi connectivity index (χ0n) is 17.5. The maximum Gasteiger partial charge on any atom is 0.306 e. The van der Waals surface area contributed by atoms with Gasteiger partial charge in [-0.25, -0.2) is 0 Å². The van der Waals surface area contributed by atoms with Crippen molar-refractivity contribution >= 4 is 5.97 Å². The molecule has 1 atom stereocenters. The normalized spacial score (nSPS) is 12.7. The van der Waals surface area contributed by atoms with Gasteiger partial charge in [0.05, 0.1) is 20.3 Å². The molecule has 27 heavy (non-hydrogen) atoms. The average Bonchev–Trinajstić information content (AvgIpc) is 2.68. The number of rotatable bonds is 14. The molecule has 0 amide bonds. The van der Waals surface area contributed by atoms with Gasteiger partial charge in [0.25, 0.3) is 0 Å². The lowest BCUT2D eigenvalue weighted by molar-refractivity contribution is -0.143. The van der Waals surface area contributed by atoms with E-state index in [1.54, 1.807) is 7.11 Å². The molecule has 0 aliphatic rings. The highest BCUT2D eigenvalue weighted by Gasteiger charge is 2.05. The van der Waals surface area contributed by atoms with Crippen LogP contribution in [0.15, 0.2) is 35.9 Å². The van der Waals surface area contributed by atoms with Gasteiger partial charge >= 0.3 is 5.97 Å². The molecule has 0 unspecified atom stereocenters. The van der Waals surface area contributed by atoms with E-state index in [9.17, 15) is 4.79 Å². The van der Waals surface area contributed by atoms with Crippen LogP contribution in [-0.4, -0.2) is 26.3 Å². The summed E-state index contributed by atoms with van der Waals surface area (Å²) in [6.07, 6.45) is 7.87. The molecule has 152 valence electrons. The highest BCUT2D eigenvalue weighted by atomic mass is 16.5. The van der Waals surface area contributed by atoms with Gasteiger partial charge in [-0.2, -0.15) is 0 Å². The Morgan fingerprint density at radius 1 is 1.11 bits per heavy atom. The number of methoxy groups -OCH3 is 1. The van der Waals surface area contributed by atoms with E-state index >= 15 is 0 Å². The van der Waals surface area contributed by atoms with Crippen LogP contribution in [0.5, 0.6) is 5.75 Å². The van der Waals surface area contributed by atoms with Crippen molar-refractivity contribution in [2.45, 2.75) is 65.9 Å². The second-order valence-corrected chi connectivity index (χ2v) is 6.89. The standard InChI is InChI=1S/C23H36O4/c1-5-20(12-15-23(24)27-6-2)9-7-8-19(3)16-17-26-18-21-10-13-22(25-4)14-11-21/h9-11,13-14,19H,5-8,12,15-18H2,1-4H3/b20-9+/t19-/m0/s1. The molecule has 0 bridgehead atoms. The number of hydrogen-bond acceptors (Lipinski definition) is 4. The number of carbonyl (C=O) groups is 1. The molecule has 1 aromatic carbocycles. The SMILES string of the molecule is CCOC(=O)CC/C(=C/CC[C@H](C)CCOCc1ccc(OC)cc1)CC. The molecule has 4 nitrogen and oxygen atoms in total. The molecule has 0 radical (unpaired) electrons. The third-order valence-corrected chi connectivity index (χ3v) is 4.68. The fourth-order valence-electron chi connectivity index (χ4n) is 2.83. The first kappa shape index (κ1) is 23.2. The zero-order chi connectivity index (χ0) is 19.9. The predicted octanol–water partition coefficient (Wildman–Crippen LogP) is 5.70. The van der Waals surface area contributed by atoms with Crippen molar-refractivity contribution in [3.8, 4) is 5.75 Å². The third kappa shape index (κ3) is 10.8. The Hall–Kier alpha value is -1.81. The van der Waals surface area contributed by atoms with Gasteiger partial charge < -0.3 is 14.2 Å². The van der Waals surface area contributed by atoms with E-state index in [0.717, 1.165) is 44.5 Å². The number of hydrogen-bond donors (Lipinski definition) is 0. The van der Waals surface area contributed by atoms with E-state index in [2.05, 4.69) is 19.9 Å². The van der Waals surface area contributed by atoms with Crippen molar-refractivity contribution in [2.75, 3.05) is 20.3 Å². The largest absolute Gasteiger partial charge is 0.497 e. The fourth-order valence-corrected chi connectivity index (χ4v) is 2.83. The predicted molar refractivity (Wildman–Crippen MR) is 110 cm³/mol. The fraction of sp³-hybridized carbons (Fsp3) is 0.609. The molecular formula is C23H36O4. The first-order valence-electron chi connectivity index (χ1n) is 10.1. The Morgan fingerprint density at radius 3 is 2.48 bits per heavy atom. The number of ether oxygens (including phenoxy) is 3. The monoisotopic (exact) mass is 376 g/mol. The molecule has 0 saturated carbocycles. The van der Waals surface area contributed by atoms with E-state index in [1.807, 2.05) is 31.2 Å². The van der Waals surface area contributed by atoms with Crippen molar-refractivity contribution in [3.05, 3.63) is 41.5 Å². The average molecular weight is 377 g/mol. The van der Waals surface area contributed by atoms with Crippen LogP contribution in [0.3, 0.4) is 0 Å². The second-order valence-electron chi connectivity index (χ2n) is 6.89. The van der Waals surface area contributed by atoms with Crippen LogP contribution in [0.25, 0.3) is 0 Å². The minimum absolute atomic E-state index is 0.0979. The summed E-state index contributed by atoms with van der Waals surface area (Å²) in [7, 11) is 1.67. The molecule has 1 rings (SSSR count). The lowest BCUT2D eigenvalue weighted by Gasteiger charge is -2.11. The maximum atomic E-state index is 11.5. The Balaban J connectivity index is 2.17. The summed E-state index contributed by atoms with van der Waals surface area (Å²) < 4.78 is 15.9. The Labute approximate surface area is 164 Å². The molecule has 4 heteroatoms. The van der Waals surface area contributed by atoms with E-state index < -0.39 is 0 Å². The topological polar surface area (TPSA) is 44.8 Å². The van der Waals surface area contributed by atoms with Crippen molar-refractivity contribution in [1.82, 2.24) is 0 Å². The summed E-state index contributed by atoms with van der Waals surface area (Å²) >= 11 is 0. The Morgan fingerprint density at radius 2 is 1.85 bits per heavy atom. The lowest BCUT2D eigenvalue weighted by atomic mass is 9.99. The molecule has 0 aliphatic heterocycles. The van der Waals surface area contributed by atoms with E-state index in [0.29, 0.717) is 25.6 Å². The summed E-state index contributed by atoms with van der Waals surface area (Å²) in [6.45, 7) is 8.14. The summed E-state index contributed by atoms with van der Waals surface area (Å²) in [5.74, 6) is 1.40. The summed E-state index contributed by atoms with van der Waals surface area (Å²) in [5, 5.41) is 0. The number of benzene rings is 1. The molecule has 0 saturated heterocycles. The number of allylic oxidation sites excluding steroid dienone is 2. The zero-order valence-corrected chi connectivity index (χ0v) is 17.5. The van der Waals surface area contributed by atoms with Crippen LogP contribution in [0, 0.1) is 5.92 Å². The highest BCUT2D eigenvalue weighted by Crippen LogP contribution is 2.17. The smallest absolute Gasteiger partial charge is 0.306 e. The van der Waals surface area contributed by atoms with E-state index in [4.69, 9.17) is 14.2 Å². The van der Waals surface area contributed by atoms with Crippen molar-refractivity contribution in [3.63, 3.8) is 0 Å². The van der Waals surface area contributed by atoms with Gasteiger partial charge in [-0.15, -0.1) is 0 Å². The quantitative estimate of drug-likeness (QED) is 0.237.